The molecule has 2 N–H and O–H groups in total. The third-order valence-electron chi connectivity index (χ3n) is 5.53. The van der Waals surface area contributed by atoms with Crippen LogP contribution in [0.3, 0.4) is 0 Å². The fraction of sp³-hybridized carbons (Fsp3) is 0.250. The molecule has 1 heterocycles. The Morgan fingerprint density at radius 1 is 1.05 bits per heavy atom. The van der Waals surface area contributed by atoms with Crippen LogP contribution < -0.4 is 15.5 Å². The summed E-state index contributed by atoms with van der Waals surface area (Å²) in [5.74, 6) is -2.50. The van der Waals surface area contributed by atoms with E-state index >= 15 is 4.39 Å². The average Bonchev–Trinajstić information content (AvgIpc) is 2.84. The van der Waals surface area contributed by atoms with E-state index in [0.29, 0.717) is 12.1 Å². The number of hydrogen-bond donors (Lipinski definition) is 2. The van der Waals surface area contributed by atoms with Gasteiger partial charge in [-0.3, -0.25) is 9.59 Å². The van der Waals surface area contributed by atoms with Gasteiger partial charge in [-0.15, -0.1) is 0 Å². The summed E-state index contributed by atoms with van der Waals surface area (Å²) in [5.41, 5.74) is -8.40. The van der Waals surface area contributed by atoms with E-state index in [1.807, 2.05) is 0 Å². The van der Waals surface area contributed by atoms with E-state index in [1.54, 1.807) is 6.92 Å². The first-order valence-electron chi connectivity index (χ1n) is 10.9. The van der Waals surface area contributed by atoms with Crippen molar-refractivity contribution >= 4 is 50.7 Å². The van der Waals surface area contributed by atoms with Crippen LogP contribution in [-0.4, -0.2) is 37.3 Å². The normalized spacial score (nSPS) is 14.2. The van der Waals surface area contributed by atoms with E-state index < -0.39 is 56.1 Å². The van der Waals surface area contributed by atoms with Gasteiger partial charge in [0.2, 0.25) is 0 Å². The van der Waals surface area contributed by atoms with Crippen LogP contribution in [0.25, 0.3) is 0 Å². The number of carbonyl (C=O) groups excluding carboxylic acids is 2. The maximum Gasteiger partial charge on any atom is 0.435 e. The molecule has 0 saturated heterocycles. The van der Waals surface area contributed by atoms with Crippen LogP contribution in [-0.2, 0) is 10.5 Å². The number of halogens is 10. The highest BCUT2D eigenvalue weighted by atomic mass is 79.9. The summed E-state index contributed by atoms with van der Waals surface area (Å²) in [6.07, 6.45) is -8.36. The maximum absolute atomic E-state index is 15.3. The molecule has 2 aromatic carbocycles. The molecule has 5 nitrogen and oxygen atoms in total. The van der Waals surface area contributed by atoms with Gasteiger partial charge in [0.25, 0.3) is 11.8 Å². The minimum Gasteiger partial charge on any atom is -0.352 e. The van der Waals surface area contributed by atoms with Gasteiger partial charge >= 0.3 is 18.0 Å². The van der Waals surface area contributed by atoms with Crippen molar-refractivity contribution in [2.45, 2.75) is 24.9 Å². The van der Waals surface area contributed by atoms with Gasteiger partial charge in [0.05, 0.1) is 22.0 Å². The first-order chi connectivity index (χ1) is 18.0. The Balaban J connectivity index is 1.89. The Morgan fingerprint density at radius 2 is 1.69 bits per heavy atom. The Bertz CT molecular complexity index is 1320. The third kappa shape index (κ3) is 5.91. The Hall–Kier alpha value is -3.13. The van der Waals surface area contributed by atoms with E-state index in [4.69, 9.17) is 11.6 Å². The molecular weight excluding hydrogens is 630 g/mol. The molecule has 210 valence electrons. The van der Waals surface area contributed by atoms with E-state index in [1.165, 1.54) is 35.4 Å². The minimum absolute atomic E-state index is 0.0665. The molecule has 2 amide bonds. The molecule has 0 bridgehead atoms. The zero-order chi connectivity index (χ0) is 29.3. The van der Waals surface area contributed by atoms with Crippen LogP contribution in [0.15, 0.2) is 58.7 Å². The van der Waals surface area contributed by atoms with Crippen LogP contribution in [0.4, 0.5) is 46.5 Å². The van der Waals surface area contributed by atoms with Gasteiger partial charge in [-0.2, -0.15) is 26.3 Å². The summed E-state index contributed by atoms with van der Waals surface area (Å²) in [6, 6.07) is 4.00. The fourth-order valence-electron chi connectivity index (χ4n) is 3.58. The number of carbonyl (C=O) groups is 2. The number of amides is 2. The lowest BCUT2D eigenvalue weighted by molar-refractivity contribution is -0.348. The largest absolute Gasteiger partial charge is 0.435 e. The van der Waals surface area contributed by atoms with Gasteiger partial charge in [-0.1, -0.05) is 23.7 Å². The second-order valence-corrected chi connectivity index (χ2v) is 9.31. The smallest absolute Gasteiger partial charge is 0.352 e. The number of hydrogen-bond acceptors (Lipinski definition) is 3. The summed E-state index contributed by atoms with van der Waals surface area (Å²) in [5, 5.41) is 3.85. The van der Waals surface area contributed by atoms with Crippen LogP contribution in [0, 0.1) is 5.82 Å². The molecule has 0 atom stereocenters. The van der Waals surface area contributed by atoms with Crippen LogP contribution >= 0.6 is 27.5 Å². The minimum atomic E-state index is -6.37. The van der Waals surface area contributed by atoms with Crippen LogP contribution in [0.2, 0.25) is 5.02 Å². The van der Waals surface area contributed by atoms with Gasteiger partial charge in [0.1, 0.15) is 0 Å². The zero-order valence-corrected chi connectivity index (χ0v) is 21.9. The molecule has 0 unspecified atom stereocenters. The highest BCUT2D eigenvalue weighted by molar-refractivity contribution is 9.10. The lowest BCUT2D eigenvalue weighted by atomic mass is 9.94. The lowest BCUT2D eigenvalue weighted by Gasteiger charge is -2.30. The number of likely N-dealkylation sites (N-methyl/N-ethyl adjacent to an activating group) is 1. The van der Waals surface area contributed by atoms with Gasteiger partial charge < -0.3 is 15.5 Å². The van der Waals surface area contributed by atoms with Crippen molar-refractivity contribution in [3.63, 3.8) is 0 Å². The van der Waals surface area contributed by atoms with Crippen molar-refractivity contribution < 1.29 is 44.7 Å². The third-order valence-corrected chi connectivity index (χ3v) is 6.46. The molecule has 3 rings (SSSR count). The van der Waals surface area contributed by atoms with Crippen molar-refractivity contribution in [1.29, 1.82) is 0 Å². The number of nitrogens with zero attached hydrogens (tertiary/aromatic N) is 1. The average molecular weight is 647 g/mol. The SMILES string of the molecule is CCNC(=O)C1=CCN(c2cccc(C(=O)Nc3c(Cl)cc(C(F)(C(F)(F)F)C(F)(F)F)cc3Br)c2F)C=C1. The summed E-state index contributed by atoms with van der Waals surface area (Å²) < 4.78 is 108. The van der Waals surface area contributed by atoms with Crippen molar-refractivity contribution in [2.24, 2.45) is 0 Å². The Morgan fingerprint density at radius 3 is 2.21 bits per heavy atom. The number of nitrogens with one attached hydrogen (secondary N) is 2. The first kappa shape index (κ1) is 30.4. The molecule has 2 aromatic rings. The fourth-order valence-corrected chi connectivity index (χ4v) is 4.52. The molecule has 39 heavy (non-hydrogen) atoms. The van der Waals surface area contributed by atoms with Gasteiger partial charge in [-0.25, -0.2) is 8.78 Å². The maximum atomic E-state index is 15.3. The molecule has 0 radical (unpaired) electrons. The first-order valence-corrected chi connectivity index (χ1v) is 12.0. The Kier molecular flexibility index (Phi) is 8.70. The highest BCUT2D eigenvalue weighted by Gasteiger charge is 2.73. The number of anilines is 2. The molecule has 0 fully saturated rings. The summed E-state index contributed by atoms with van der Waals surface area (Å²) >= 11 is 8.53. The second-order valence-electron chi connectivity index (χ2n) is 8.05. The molecule has 1 aliphatic heterocycles. The van der Waals surface area contributed by atoms with Crippen molar-refractivity contribution in [3.8, 4) is 0 Å². The van der Waals surface area contributed by atoms with E-state index in [0.717, 1.165) is 6.07 Å². The molecular formula is C24H17BrClF8N3O2. The summed E-state index contributed by atoms with van der Waals surface area (Å²) in [4.78, 5) is 26.1. The van der Waals surface area contributed by atoms with Crippen LogP contribution in [0.5, 0.6) is 0 Å². The standard InChI is InChI=1S/C24H17BrClF8N3O2/c1-2-35-20(38)12-6-8-37(9-7-12)17-5-3-4-14(18(17)27)21(39)36-19-15(25)10-13(11-16(19)26)22(28,23(29,30)31)24(32,33)34/h3-8,10-11H,2,9H2,1H3,(H,35,38)(H,36,39). The Labute approximate surface area is 229 Å². The number of alkyl halides is 7. The van der Waals surface area contributed by atoms with E-state index in [-0.39, 0.29) is 30.3 Å². The topological polar surface area (TPSA) is 61.4 Å². The quantitative estimate of drug-likeness (QED) is 0.327. The van der Waals surface area contributed by atoms with Gasteiger partial charge in [0, 0.05) is 34.9 Å². The zero-order valence-electron chi connectivity index (χ0n) is 19.6. The number of rotatable bonds is 6. The van der Waals surface area contributed by atoms with Crippen molar-refractivity contribution in [1.82, 2.24) is 5.32 Å². The van der Waals surface area contributed by atoms with Crippen LogP contribution in [0.1, 0.15) is 22.8 Å². The molecule has 0 spiro atoms. The summed E-state index contributed by atoms with van der Waals surface area (Å²) in [6.45, 7) is 2.22. The molecule has 1 aliphatic rings. The molecule has 0 aliphatic carbocycles. The van der Waals surface area contributed by atoms with Gasteiger partial charge in [0.15, 0.2) is 5.82 Å². The predicted octanol–water partition coefficient (Wildman–Crippen LogP) is 7.18. The van der Waals surface area contributed by atoms with E-state index in [2.05, 4.69) is 26.6 Å². The van der Waals surface area contributed by atoms with E-state index in [9.17, 15) is 40.3 Å². The van der Waals surface area contributed by atoms with Gasteiger partial charge in [-0.05, 0) is 53.2 Å². The molecule has 15 heteroatoms. The molecule has 0 aromatic heterocycles. The monoisotopic (exact) mass is 645 g/mol. The van der Waals surface area contributed by atoms with Crippen molar-refractivity contribution in [2.75, 3.05) is 23.3 Å². The van der Waals surface area contributed by atoms with Crippen molar-refractivity contribution in [3.05, 3.63) is 80.7 Å². The second kappa shape index (κ2) is 11.2. The summed E-state index contributed by atoms with van der Waals surface area (Å²) in [7, 11) is 0. The molecule has 0 saturated carbocycles. The number of benzene rings is 2. The predicted molar refractivity (Wildman–Crippen MR) is 132 cm³/mol. The lowest BCUT2D eigenvalue weighted by Crippen LogP contribution is -2.50. The highest BCUT2D eigenvalue weighted by Crippen LogP contribution is 2.54.